The monoisotopic (exact) mass is 445 g/mol. The lowest BCUT2D eigenvalue weighted by molar-refractivity contribution is -0.117. The zero-order valence-corrected chi connectivity index (χ0v) is 18.1. The van der Waals surface area contributed by atoms with Crippen molar-refractivity contribution in [2.75, 3.05) is 6.61 Å². The van der Waals surface area contributed by atoms with Gasteiger partial charge in [-0.3, -0.25) is 9.59 Å². The fourth-order valence-corrected chi connectivity index (χ4v) is 2.79. The largest absolute Gasteiger partial charge is 0.494 e. The summed E-state index contributed by atoms with van der Waals surface area (Å²) in [5.41, 5.74) is 3.61. The Morgan fingerprint density at radius 1 is 0.970 bits per heavy atom. The van der Waals surface area contributed by atoms with Crippen LogP contribution >= 0.6 is 0 Å². The van der Waals surface area contributed by atoms with Crippen molar-refractivity contribution in [2.45, 2.75) is 13.3 Å². The zero-order chi connectivity index (χ0) is 23.5. The van der Waals surface area contributed by atoms with Crippen molar-refractivity contribution < 1.29 is 18.7 Å². The molecule has 0 unspecified atom stereocenters. The summed E-state index contributed by atoms with van der Waals surface area (Å²) < 4.78 is 19.3. The van der Waals surface area contributed by atoms with Gasteiger partial charge in [0.1, 0.15) is 17.3 Å². The standard InChI is InChI=1S/C26H24FN3O3/c1-2-16-33-22-14-12-19(13-15-22)17-24(29-25(31)20-8-4-3-5-9-20)26(32)30-28-18-21-10-6-7-11-23(21)27/h3-15,17-18H,2,16H2,1H3,(H,29,31)(H,30,32). The Balaban J connectivity index is 1.79. The molecule has 0 aliphatic heterocycles. The van der Waals surface area contributed by atoms with Crippen LogP contribution in [0.15, 0.2) is 89.7 Å². The van der Waals surface area contributed by atoms with Gasteiger partial charge in [-0.2, -0.15) is 5.10 Å². The number of carbonyl (C=O) groups excluding carboxylic acids is 2. The second-order valence-corrected chi connectivity index (χ2v) is 7.02. The summed E-state index contributed by atoms with van der Waals surface area (Å²) in [6.07, 6.45) is 3.62. The molecule has 0 bridgehead atoms. The van der Waals surface area contributed by atoms with E-state index >= 15 is 0 Å². The van der Waals surface area contributed by atoms with Crippen molar-refractivity contribution in [2.24, 2.45) is 5.10 Å². The van der Waals surface area contributed by atoms with Crippen LogP contribution in [0.1, 0.15) is 34.8 Å². The summed E-state index contributed by atoms with van der Waals surface area (Å²) >= 11 is 0. The number of nitrogens with one attached hydrogen (secondary N) is 2. The average Bonchev–Trinajstić information content (AvgIpc) is 2.84. The summed E-state index contributed by atoms with van der Waals surface area (Å²) in [6, 6.07) is 21.7. The maximum absolute atomic E-state index is 13.7. The first kappa shape index (κ1) is 23.4. The predicted octanol–water partition coefficient (Wildman–Crippen LogP) is 4.54. The number of carbonyl (C=O) groups is 2. The quantitative estimate of drug-likeness (QED) is 0.288. The minimum atomic E-state index is -0.654. The highest BCUT2D eigenvalue weighted by molar-refractivity contribution is 6.05. The molecular formula is C26H24FN3O3. The summed E-state index contributed by atoms with van der Waals surface area (Å²) in [5, 5.41) is 6.44. The summed E-state index contributed by atoms with van der Waals surface area (Å²) in [4.78, 5) is 25.4. The molecule has 0 fully saturated rings. The van der Waals surface area contributed by atoms with Crippen LogP contribution in [0.2, 0.25) is 0 Å². The normalized spacial score (nSPS) is 11.3. The Kier molecular flexibility index (Phi) is 8.48. The molecule has 0 aliphatic rings. The Bertz CT molecular complexity index is 1140. The highest BCUT2D eigenvalue weighted by atomic mass is 19.1. The number of amides is 2. The topological polar surface area (TPSA) is 79.8 Å². The SMILES string of the molecule is CCCOc1ccc(C=C(NC(=O)c2ccccc2)C(=O)NN=Cc2ccccc2F)cc1. The predicted molar refractivity (Wildman–Crippen MR) is 126 cm³/mol. The molecule has 6 nitrogen and oxygen atoms in total. The van der Waals surface area contributed by atoms with Crippen LogP contribution in [0.3, 0.4) is 0 Å². The molecule has 0 spiro atoms. The first-order chi connectivity index (χ1) is 16.1. The first-order valence-corrected chi connectivity index (χ1v) is 10.5. The molecule has 2 amide bonds. The van der Waals surface area contributed by atoms with E-state index in [1.807, 2.05) is 6.92 Å². The molecule has 0 aliphatic carbocycles. The molecule has 0 radical (unpaired) electrons. The van der Waals surface area contributed by atoms with Gasteiger partial charge in [0.2, 0.25) is 0 Å². The van der Waals surface area contributed by atoms with Crippen molar-refractivity contribution in [3.8, 4) is 5.75 Å². The number of nitrogens with zero attached hydrogens (tertiary/aromatic N) is 1. The fraction of sp³-hybridized carbons (Fsp3) is 0.115. The Hall–Kier alpha value is -4.26. The lowest BCUT2D eigenvalue weighted by Crippen LogP contribution is -2.32. The van der Waals surface area contributed by atoms with Crippen molar-refractivity contribution in [3.63, 3.8) is 0 Å². The van der Waals surface area contributed by atoms with E-state index in [2.05, 4.69) is 15.8 Å². The van der Waals surface area contributed by atoms with Crippen molar-refractivity contribution in [1.29, 1.82) is 0 Å². The van der Waals surface area contributed by atoms with Crippen molar-refractivity contribution >= 4 is 24.1 Å². The van der Waals surface area contributed by atoms with Gasteiger partial charge >= 0.3 is 0 Å². The molecule has 2 N–H and O–H groups in total. The molecule has 0 saturated heterocycles. The van der Waals surface area contributed by atoms with Crippen LogP contribution < -0.4 is 15.5 Å². The highest BCUT2D eigenvalue weighted by Gasteiger charge is 2.14. The lowest BCUT2D eigenvalue weighted by Gasteiger charge is -2.10. The molecule has 3 rings (SSSR count). The van der Waals surface area contributed by atoms with E-state index in [4.69, 9.17) is 4.74 Å². The average molecular weight is 445 g/mol. The van der Waals surface area contributed by atoms with E-state index in [-0.39, 0.29) is 11.3 Å². The van der Waals surface area contributed by atoms with Gasteiger partial charge in [-0.15, -0.1) is 0 Å². The van der Waals surface area contributed by atoms with Crippen LogP contribution in [0.4, 0.5) is 4.39 Å². The molecular weight excluding hydrogens is 421 g/mol. The first-order valence-electron chi connectivity index (χ1n) is 10.5. The van der Waals surface area contributed by atoms with Gasteiger partial charge in [-0.05, 0) is 48.4 Å². The number of ether oxygens (including phenoxy) is 1. The number of hydrogen-bond acceptors (Lipinski definition) is 4. The third-order valence-corrected chi connectivity index (χ3v) is 4.47. The minimum absolute atomic E-state index is 0.0169. The molecule has 33 heavy (non-hydrogen) atoms. The van der Waals surface area contributed by atoms with Crippen LogP contribution in [0.5, 0.6) is 5.75 Å². The van der Waals surface area contributed by atoms with Gasteiger partial charge < -0.3 is 10.1 Å². The van der Waals surface area contributed by atoms with Crippen LogP contribution in [-0.2, 0) is 4.79 Å². The highest BCUT2D eigenvalue weighted by Crippen LogP contribution is 2.15. The number of benzene rings is 3. The summed E-state index contributed by atoms with van der Waals surface area (Å²) in [6.45, 7) is 2.63. The van der Waals surface area contributed by atoms with Crippen LogP contribution in [-0.4, -0.2) is 24.6 Å². The molecule has 0 aromatic heterocycles. The maximum atomic E-state index is 13.7. The molecule has 0 atom stereocenters. The van der Waals surface area contributed by atoms with E-state index in [0.29, 0.717) is 23.5 Å². The second kappa shape index (κ2) is 12.0. The Morgan fingerprint density at radius 3 is 2.36 bits per heavy atom. The lowest BCUT2D eigenvalue weighted by atomic mass is 10.1. The molecule has 168 valence electrons. The number of hydrogen-bond donors (Lipinski definition) is 2. The third kappa shape index (κ3) is 7.14. The van der Waals surface area contributed by atoms with Crippen molar-refractivity contribution in [3.05, 3.63) is 107 Å². The molecule has 0 heterocycles. The third-order valence-electron chi connectivity index (χ3n) is 4.47. The van der Waals surface area contributed by atoms with Crippen LogP contribution in [0.25, 0.3) is 6.08 Å². The second-order valence-electron chi connectivity index (χ2n) is 7.02. The van der Waals surface area contributed by atoms with E-state index < -0.39 is 17.6 Å². The number of rotatable bonds is 9. The van der Waals surface area contributed by atoms with Gasteiger partial charge in [0.15, 0.2) is 0 Å². The van der Waals surface area contributed by atoms with Gasteiger partial charge in [0.05, 0.1) is 12.8 Å². The van der Waals surface area contributed by atoms with E-state index in [1.165, 1.54) is 24.4 Å². The van der Waals surface area contributed by atoms with Crippen LogP contribution in [0, 0.1) is 5.82 Å². The van der Waals surface area contributed by atoms with E-state index in [9.17, 15) is 14.0 Å². The molecule has 3 aromatic carbocycles. The molecule has 7 heteroatoms. The molecule has 3 aromatic rings. The summed E-state index contributed by atoms with van der Waals surface area (Å²) in [5.74, 6) is -0.854. The van der Waals surface area contributed by atoms with Gasteiger partial charge in [0, 0.05) is 11.1 Å². The van der Waals surface area contributed by atoms with Crippen molar-refractivity contribution in [1.82, 2.24) is 10.7 Å². The summed E-state index contributed by atoms with van der Waals surface area (Å²) in [7, 11) is 0. The minimum Gasteiger partial charge on any atom is -0.494 e. The smallest absolute Gasteiger partial charge is 0.287 e. The fourth-order valence-electron chi connectivity index (χ4n) is 2.79. The molecule has 0 saturated carbocycles. The maximum Gasteiger partial charge on any atom is 0.287 e. The van der Waals surface area contributed by atoms with Gasteiger partial charge in [-0.1, -0.05) is 55.5 Å². The van der Waals surface area contributed by atoms with E-state index in [1.54, 1.807) is 66.7 Å². The number of hydrazone groups is 1. The van der Waals surface area contributed by atoms with E-state index in [0.717, 1.165) is 6.42 Å². The Labute approximate surface area is 191 Å². The number of halogens is 1. The van der Waals surface area contributed by atoms with Gasteiger partial charge in [0.25, 0.3) is 11.8 Å². The Morgan fingerprint density at radius 2 is 1.67 bits per heavy atom. The zero-order valence-electron chi connectivity index (χ0n) is 18.1. The van der Waals surface area contributed by atoms with Gasteiger partial charge in [-0.25, -0.2) is 9.82 Å².